The number of nitrogens with one attached hydrogen (secondary N) is 1. The van der Waals surface area contributed by atoms with E-state index in [1.54, 1.807) is 30.3 Å². The van der Waals surface area contributed by atoms with Crippen molar-refractivity contribution >= 4 is 53.0 Å². The van der Waals surface area contributed by atoms with Gasteiger partial charge in [-0.15, -0.1) is 0 Å². The van der Waals surface area contributed by atoms with Crippen molar-refractivity contribution in [3.8, 4) is 11.1 Å². The van der Waals surface area contributed by atoms with E-state index in [2.05, 4.69) is 24.4 Å². The molecule has 0 spiro atoms. The second kappa shape index (κ2) is 12.2. The molecule has 0 saturated heterocycles. The first-order chi connectivity index (χ1) is 16.8. The van der Waals surface area contributed by atoms with Gasteiger partial charge in [-0.2, -0.15) is 0 Å². The van der Waals surface area contributed by atoms with Gasteiger partial charge >= 0.3 is 12.1 Å². The maximum absolute atomic E-state index is 12.1. The first-order valence-electron chi connectivity index (χ1n) is 10.9. The predicted octanol–water partition coefficient (Wildman–Crippen LogP) is 6.28. The van der Waals surface area contributed by atoms with Gasteiger partial charge in [0.05, 0.1) is 22.3 Å². The molecule has 2 N–H and O–H groups in total. The van der Waals surface area contributed by atoms with Crippen LogP contribution in [0.4, 0.5) is 16.2 Å². The molecule has 3 rings (SSSR count). The molecule has 0 radical (unpaired) electrons. The highest BCUT2D eigenvalue weighted by Crippen LogP contribution is 2.30. The fraction of sp³-hybridized carbons (Fsp3) is 0.192. The first kappa shape index (κ1) is 26.1. The Kier molecular flexibility index (Phi) is 9.11. The topological polar surface area (TPSA) is 95.9 Å². The van der Waals surface area contributed by atoms with Crippen LogP contribution in [0.5, 0.6) is 0 Å². The maximum Gasteiger partial charge on any atom is 0.411 e. The van der Waals surface area contributed by atoms with Gasteiger partial charge in [-0.25, -0.2) is 9.59 Å². The Morgan fingerprint density at radius 1 is 1.00 bits per heavy atom. The Labute approximate surface area is 213 Å². The number of ether oxygens (including phenoxy) is 1. The number of carbonyl (C=O) groups is 3. The molecule has 0 unspecified atom stereocenters. The first-order valence-corrected chi connectivity index (χ1v) is 11.6. The Bertz CT molecular complexity index is 1160. The molecule has 9 heteroatoms. The number of carbonyl (C=O) groups excluding carboxylic acids is 2. The average molecular weight is 515 g/mol. The molecule has 35 heavy (non-hydrogen) atoms. The van der Waals surface area contributed by atoms with E-state index in [9.17, 15) is 19.5 Å². The summed E-state index contributed by atoms with van der Waals surface area (Å²) in [5.41, 5.74) is 3.78. The van der Waals surface area contributed by atoms with Crippen LogP contribution < -0.4 is 10.2 Å². The fourth-order valence-electron chi connectivity index (χ4n) is 3.47. The van der Waals surface area contributed by atoms with Gasteiger partial charge in [-0.3, -0.25) is 10.1 Å². The van der Waals surface area contributed by atoms with E-state index in [-0.39, 0.29) is 28.8 Å². The molecule has 2 amide bonds. The molecule has 3 aromatic rings. The number of rotatable bonds is 10. The molecular weight excluding hydrogens is 491 g/mol. The maximum atomic E-state index is 12.1. The van der Waals surface area contributed by atoms with Gasteiger partial charge in [0.1, 0.15) is 6.04 Å². The van der Waals surface area contributed by atoms with Gasteiger partial charge in [0.25, 0.3) is 0 Å². The van der Waals surface area contributed by atoms with E-state index in [1.165, 1.54) is 5.56 Å². The Morgan fingerprint density at radius 3 is 2.09 bits per heavy atom. The molecule has 3 aromatic carbocycles. The summed E-state index contributed by atoms with van der Waals surface area (Å²) in [6.07, 6.45) is 0.425. The Balaban J connectivity index is 1.64. The zero-order valence-corrected chi connectivity index (χ0v) is 20.4. The summed E-state index contributed by atoms with van der Waals surface area (Å²) in [6, 6.07) is 18.6. The van der Waals surface area contributed by atoms with Gasteiger partial charge in [0, 0.05) is 12.1 Å². The monoisotopic (exact) mass is 514 g/mol. The van der Waals surface area contributed by atoms with E-state index in [0.29, 0.717) is 12.1 Å². The van der Waals surface area contributed by atoms with Gasteiger partial charge in [-0.1, -0.05) is 72.6 Å². The van der Waals surface area contributed by atoms with Crippen LogP contribution in [-0.2, 0) is 20.7 Å². The van der Waals surface area contributed by atoms with E-state index < -0.39 is 18.1 Å². The van der Waals surface area contributed by atoms with Crippen molar-refractivity contribution in [2.24, 2.45) is 0 Å². The number of hydrogen-bond acceptors (Lipinski definition) is 4. The molecule has 182 valence electrons. The second-order valence-electron chi connectivity index (χ2n) is 7.61. The largest absolute Gasteiger partial charge is 0.480 e. The van der Waals surface area contributed by atoms with Crippen LogP contribution >= 0.6 is 23.2 Å². The minimum Gasteiger partial charge on any atom is -0.480 e. The van der Waals surface area contributed by atoms with Crippen LogP contribution in [0.2, 0.25) is 10.0 Å². The van der Waals surface area contributed by atoms with Crippen molar-refractivity contribution in [3.63, 3.8) is 0 Å². The molecule has 0 saturated carbocycles. The van der Waals surface area contributed by atoms with Crippen LogP contribution in [0, 0.1) is 0 Å². The van der Waals surface area contributed by atoms with Gasteiger partial charge < -0.3 is 14.7 Å². The number of para-hydroxylation sites is 1. The van der Waals surface area contributed by atoms with Crippen molar-refractivity contribution in [2.75, 3.05) is 16.8 Å². The molecule has 0 aromatic heterocycles. The van der Waals surface area contributed by atoms with E-state index in [4.69, 9.17) is 27.9 Å². The molecule has 7 nitrogen and oxygen atoms in total. The number of nitrogens with zero attached hydrogens (tertiary/aromatic N) is 1. The number of hydrogen-bond donors (Lipinski definition) is 2. The van der Waals surface area contributed by atoms with Crippen molar-refractivity contribution in [1.29, 1.82) is 0 Å². The zero-order valence-electron chi connectivity index (χ0n) is 18.9. The summed E-state index contributed by atoms with van der Waals surface area (Å²) >= 11 is 12.0. The van der Waals surface area contributed by atoms with Crippen LogP contribution in [-0.4, -0.2) is 36.2 Å². The molecule has 0 aliphatic heterocycles. The SMILES string of the molecule is CCc1ccc(-c2ccc(N(C=O)[C@@H](CCOC(=O)Nc3c(Cl)cccc3Cl)C(=O)O)cc2)cc1. The van der Waals surface area contributed by atoms with Crippen LogP contribution in [0.3, 0.4) is 0 Å². The third kappa shape index (κ3) is 6.74. The fourth-order valence-corrected chi connectivity index (χ4v) is 3.97. The number of aliphatic carboxylic acids is 1. The highest BCUT2D eigenvalue weighted by molar-refractivity contribution is 6.39. The third-order valence-electron chi connectivity index (χ3n) is 5.41. The zero-order chi connectivity index (χ0) is 25.4. The highest BCUT2D eigenvalue weighted by atomic mass is 35.5. The van der Waals surface area contributed by atoms with Crippen LogP contribution in [0.25, 0.3) is 11.1 Å². The number of benzene rings is 3. The van der Waals surface area contributed by atoms with Gasteiger partial charge in [0.15, 0.2) is 0 Å². The second-order valence-corrected chi connectivity index (χ2v) is 8.42. The normalized spacial score (nSPS) is 11.4. The van der Waals surface area contributed by atoms with E-state index in [0.717, 1.165) is 22.4 Å². The lowest BCUT2D eigenvalue weighted by molar-refractivity contribution is -0.139. The van der Waals surface area contributed by atoms with Crippen molar-refractivity contribution in [1.82, 2.24) is 0 Å². The molecule has 0 aliphatic rings. The van der Waals surface area contributed by atoms with Crippen molar-refractivity contribution in [3.05, 3.63) is 82.3 Å². The summed E-state index contributed by atoms with van der Waals surface area (Å²) in [4.78, 5) is 36.9. The molecule has 0 fully saturated rings. The van der Waals surface area contributed by atoms with Crippen molar-refractivity contribution in [2.45, 2.75) is 25.8 Å². The molecule has 0 bridgehead atoms. The van der Waals surface area contributed by atoms with E-state index in [1.807, 2.05) is 24.3 Å². The van der Waals surface area contributed by atoms with Crippen LogP contribution in [0.15, 0.2) is 66.7 Å². The molecule has 1 atom stereocenters. The molecule has 0 aliphatic carbocycles. The number of halogens is 2. The minimum atomic E-state index is -1.24. The lowest BCUT2D eigenvalue weighted by Crippen LogP contribution is -2.41. The summed E-state index contributed by atoms with van der Waals surface area (Å²) in [5.74, 6) is -1.23. The number of aryl methyl sites for hydroxylation is 1. The smallest absolute Gasteiger partial charge is 0.411 e. The Hall–Kier alpha value is -3.55. The average Bonchev–Trinajstić information content (AvgIpc) is 2.86. The Morgan fingerprint density at radius 2 is 1.57 bits per heavy atom. The summed E-state index contributed by atoms with van der Waals surface area (Å²) < 4.78 is 5.09. The summed E-state index contributed by atoms with van der Waals surface area (Å²) in [6.45, 7) is 1.83. The third-order valence-corrected chi connectivity index (χ3v) is 6.04. The standard InChI is InChI=1S/C26H24Cl2N2O5/c1-2-17-6-8-18(9-7-17)19-10-12-20(13-11-19)30(16-31)23(25(32)33)14-15-35-26(34)29-24-21(27)4-3-5-22(24)28/h3-13,16,23H,2,14-15H2,1H3,(H,29,34)(H,32,33)/t23-/m0/s1. The molecular formula is C26H24Cl2N2O5. The highest BCUT2D eigenvalue weighted by Gasteiger charge is 2.26. The predicted molar refractivity (Wildman–Crippen MR) is 137 cm³/mol. The lowest BCUT2D eigenvalue weighted by Gasteiger charge is -2.25. The van der Waals surface area contributed by atoms with Crippen LogP contribution in [0.1, 0.15) is 18.9 Å². The van der Waals surface area contributed by atoms with Crippen molar-refractivity contribution < 1.29 is 24.2 Å². The number of carboxylic acid groups (broad SMARTS) is 1. The summed E-state index contributed by atoms with van der Waals surface area (Å²) in [7, 11) is 0. The van der Waals surface area contributed by atoms with E-state index >= 15 is 0 Å². The molecule has 0 heterocycles. The van der Waals surface area contributed by atoms with Gasteiger partial charge in [-0.05, 0) is 47.4 Å². The quantitative estimate of drug-likeness (QED) is 0.310. The summed E-state index contributed by atoms with van der Waals surface area (Å²) in [5, 5.41) is 12.6. The number of anilines is 2. The van der Waals surface area contributed by atoms with Gasteiger partial charge in [0.2, 0.25) is 6.41 Å². The number of carboxylic acids is 1. The number of amides is 2. The lowest BCUT2D eigenvalue weighted by atomic mass is 10.0. The minimum absolute atomic E-state index is 0.127.